The van der Waals surface area contributed by atoms with Crippen LogP contribution in [-0.2, 0) is 14.6 Å². The summed E-state index contributed by atoms with van der Waals surface area (Å²) in [6, 6.07) is 0. The van der Waals surface area contributed by atoms with E-state index in [4.69, 9.17) is 5.11 Å². The van der Waals surface area contributed by atoms with Crippen LogP contribution in [-0.4, -0.2) is 21.0 Å². The molecule has 2 aliphatic rings. The first-order chi connectivity index (χ1) is 7.20. The summed E-state index contributed by atoms with van der Waals surface area (Å²) < 4.78 is 11.7. The van der Waals surface area contributed by atoms with E-state index in [1.54, 1.807) is 0 Å². The topological polar surface area (TPSA) is 54.4 Å². The molecular weight excluding hydrogens is 232 g/mol. The lowest BCUT2D eigenvalue weighted by molar-refractivity contribution is -0.132. The molecule has 1 atom stereocenters. The Kier molecular flexibility index (Phi) is 3.31. The zero-order chi connectivity index (χ0) is 10.8. The number of carboxylic acids is 1. The van der Waals surface area contributed by atoms with Gasteiger partial charge in [-0.2, -0.15) is 0 Å². The summed E-state index contributed by atoms with van der Waals surface area (Å²) >= 11 is 0. The normalized spacial score (nSPS) is 26.7. The van der Waals surface area contributed by atoms with E-state index in [0.29, 0.717) is 16.2 Å². The zero-order valence-electron chi connectivity index (χ0n) is 8.19. The Morgan fingerprint density at radius 2 is 2.27 bits per heavy atom. The lowest BCUT2D eigenvalue weighted by Crippen LogP contribution is -2.06. The van der Waals surface area contributed by atoms with Crippen LogP contribution < -0.4 is 0 Å². The Bertz CT molecular complexity index is 382. The Hall–Kier alpha value is -0.550. The van der Waals surface area contributed by atoms with Crippen LogP contribution in [0.15, 0.2) is 22.1 Å². The maximum atomic E-state index is 11.7. The highest BCUT2D eigenvalue weighted by atomic mass is 33.1. The van der Waals surface area contributed by atoms with Crippen molar-refractivity contribution in [2.24, 2.45) is 0 Å². The fourth-order valence-electron chi connectivity index (χ4n) is 1.84. The van der Waals surface area contributed by atoms with Gasteiger partial charge >= 0.3 is 5.97 Å². The van der Waals surface area contributed by atoms with Crippen LogP contribution >= 0.6 is 10.8 Å². The van der Waals surface area contributed by atoms with Crippen molar-refractivity contribution in [3.63, 3.8) is 0 Å². The van der Waals surface area contributed by atoms with Crippen molar-refractivity contribution < 1.29 is 14.1 Å². The van der Waals surface area contributed by atoms with E-state index in [0.717, 1.165) is 31.3 Å². The molecule has 0 saturated heterocycles. The maximum Gasteiger partial charge on any atom is 0.333 e. The van der Waals surface area contributed by atoms with E-state index >= 15 is 0 Å². The van der Waals surface area contributed by atoms with E-state index in [1.165, 1.54) is 10.8 Å². The molecule has 0 amide bonds. The monoisotopic (exact) mass is 244 g/mol. The molecule has 82 valence electrons. The Balaban J connectivity index is 2.38. The van der Waals surface area contributed by atoms with Gasteiger partial charge < -0.3 is 5.11 Å². The molecule has 1 aliphatic heterocycles. The lowest BCUT2D eigenvalue weighted by Gasteiger charge is -2.13. The molecule has 3 nitrogen and oxygen atoms in total. The molecular formula is C10H12O3S2. The van der Waals surface area contributed by atoms with Gasteiger partial charge in [0.05, 0.1) is 10.5 Å². The number of hydrogen-bond acceptors (Lipinski definition) is 3. The first-order valence-corrected chi connectivity index (χ1v) is 7.56. The van der Waals surface area contributed by atoms with Gasteiger partial charge in [0.15, 0.2) is 0 Å². The second-order valence-corrected chi connectivity index (χ2v) is 6.60. The summed E-state index contributed by atoms with van der Waals surface area (Å²) in [5.41, 5.74) is 1.34. The number of allylic oxidation sites excluding steroid dienone is 2. The fourth-order valence-corrected chi connectivity index (χ4v) is 4.95. The van der Waals surface area contributed by atoms with Crippen LogP contribution in [0, 0.1) is 0 Å². The highest BCUT2D eigenvalue weighted by molar-refractivity contribution is 8.71. The summed E-state index contributed by atoms with van der Waals surface area (Å²) in [7, 11) is 0.0502. The molecule has 0 radical (unpaired) electrons. The number of hydrogen-bond donors (Lipinski definition) is 1. The molecule has 0 saturated carbocycles. The van der Waals surface area contributed by atoms with Crippen molar-refractivity contribution in [3.05, 3.63) is 22.1 Å². The molecule has 0 fully saturated rings. The van der Waals surface area contributed by atoms with Gasteiger partial charge in [-0.15, -0.1) is 0 Å². The van der Waals surface area contributed by atoms with Crippen molar-refractivity contribution in [1.82, 2.24) is 0 Å². The standard InChI is InChI=1S/C10H12O3S2/c11-10(12)8-6-14-15(13)9(8)7-4-2-1-3-5-7/h4H,1-3,5-6H2,(H,11,12). The smallest absolute Gasteiger partial charge is 0.333 e. The largest absolute Gasteiger partial charge is 0.478 e. The zero-order valence-corrected chi connectivity index (χ0v) is 9.83. The third kappa shape index (κ3) is 2.18. The Labute approximate surface area is 94.5 Å². The molecule has 5 heteroatoms. The summed E-state index contributed by atoms with van der Waals surface area (Å²) in [6.45, 7) is 0. The first kappa shape index (κ1) is 11.0. The molecule has 0 aromatic rings. The van der Waals surface area contributed by atoms with Crippen LogP contribution in [0.4, 0.5) is 0 Å². The predicted octanol–water partition coefficient (Wildman–Crippen LogP) is 2.24. The second kappa shape index (κ2) is 4.53. The van der Waals surface area contributed by atoms with Crippen molar-refractivity contribution in [3.8, 4) is 0 Å². The third-order valence-electron chi connectivity index (χ3n) is 2.59. The number of carboxylic acid groups (broad SMARTS) is 1. The average molecular weight is 244 g/mol. The molecule has 1 N–H and O–H groups in total. The first-order valence-electron chi connectivity index (χ1n) is 4.91. The average Bonchev–Trinajstić information content (AvgIpc) is 2.61. The van der Waals surface area contributed by atoms with E-state index in [-0.39, 0.29) is 0 Å². The van der Waals surface area contributed by atoms with Gasteiger partial charge in [0, 0.05) is 5.75 Å². The summed E-state index contributed by atoms with van der Waals surface area (Å²) in [4.78, 5) is 11.6. The van der Waals surface area contributed by atoms with Gasteiger partial charge in [-0.1, -0.05) is 16.9 Å². The van der Waals surface area contributed by atoms with Crippen molar-refractivity contribution in [2.75, 3.05) is 5.75 Å². The van der Waals surface area contributed by atoms with Gasteiger partial charge in [-0.25, -0.2) is 9.00 Å². The van der Waals surface area contributed by atoms with E-state index in [9.17, 15) is 9.00 Å². The highest BCUT2D eigenvalue weighted by Gasteiger charge is 2.29. The van der Waals surface area contributed by atoms with Gasteiger partial charge in [0.2, 0.25) is 0 Å². The quantitative estimate of drug-likeness (QED) is 0.757. The Morgan fingerprint density at radius 1 is 1.47 bits per heavy atom. The molecule has 1 heterocycles. The van der Waals surface area contributed by atoms with Gasteiger partial charge in [0.1, 0.15) is 9.83 Å². The summed E-state index contributed by atoms with van der Waals surface area (Å²) in [5, 5.41) is 9.00. The molecule has 0 bridgehead atoms. The number of carbonyl (C=O) groups is 1. The maximum absolute atomic E-state index is 11.7. The summed E-state index contributed by atoms with van der Waals surface area (Å²) in [6.07, 6.45) is 6.13. The number of aliphatic carboxylic acids is 1. The van der Waals surface area contributed by atoms with Gasteiger partial charge in [-0.3, -0.25) is 0 Å². The van der Waals surface area contributed by atoms with Crippen LogP contribution in [0.25, 0.3) is 0 Å². The molecule has 0 aromatic carbocycles. The molecule has 1 aliphatic carbocycles. The fraction of sp³-hybridized carbons (Fsp3) is 0.500. The SMILES string of the molecule is O=C(O)C1=C(C2=CCCCC2)S(=O)SC1. The van der Waals surface area contributed by atoms with Crippen molar-refractivity contribution >= 4 is 26.6 Å². The molecule has 1 unspecified atom stereocenters. The van der Waals surface area contributed by atoms with E-state index in [2.05, 4.69) is 0 Å². The van der Waals surface area contributed by atoms with Crippen molar-refractivity contribution in [1.29, 1.82) is 0 Å². The predicted molar refractivity (Wildman–Crippen MR) is 61.8 cm³/mol. The van der Waals surface area contributed by atoms with Gasteiger partial charge in [-0.05, 0) is 31.3 Å². The minimum atomic E-state index is -1.16. The lowest BCUT2D eigenvalue weighted by atomic mass is 9.97. The minimum absolute atomic E-state index is 0.339. The second-order valence-electron chi connectivity index (χ2n) is 3.58. The Morgan fingerprint density at radius 3 is 2.87 bits per heavy atom. The molecule has 2 rings (SSSR count). The van der Waals surface area contributed by atoms with Crippen molar-refractivity contribution in [2.45, 2.75) is 25.7 Å². The van der Waals surface area contributed by atoms with Crippen LogP contribution in [0.1, 0.15) is 25.7 Å². The van der Waals surface area contributed by atoms with E-state index in [1.807, 2.05) is 6.08 Å². The summed E-state index contributed by atoms with van der Waals surface area (Å²) in [5.74, 6) is -0.552. The highest BCUT2D eigenvalue weighted by Crippen LogP contribution is 2.38. The van der Waals surface area contributed by atoms with Crippen LogP contribution in [0.3, 0.4) is 0 Å². The molecule has 15 heavy (non-hydrogen) atoms. The molecule has 0 aromatic heterocycles. The van der Waals surface area contributed by atoms with Gasteiger partial charge in [0.25, 0.3) is 0 Å². The number of rotatable bonds is 2. The van der Waals surface area contributed by atoms with Crippen LogP contribution in [0.5, 0.6) is 0 Å². The van der Waals surface area contributed by atoms with E-state index < -0.39 is 15.8 Å². The van der Waals surface area contributed by atoms with Crippen LogP contribution in [0.2, 0.25) is 0 Å². The molecule has 0 spiro atoms. The minimum Gasteiger partial charge on any atom is -0.478 e. The third-order valence-corrected chi connectivity index (χ3v) is 5.55.